The second-order valence-electron chi connectivity index (χ2n) is 5.99. The summed E-state index contributed by atoms with van der Waals surface area (Å²) in [6.45, 7) is 1.48. The molecule has 1 aliphatic heterocycles. The van der Waals surface area contributed by atoms with Crippen molar-refractivity contribution >= 4 is 15.9 Å². The highest BCUT2D eigenvalue weighted by atomic mass is 32.2. The van der Waals surface area contributed by atoms with Crippen LogP contribution in [0.4, 0.5) is 0 Å². The zero-order valence-corrected chi connectivity index (χ0v) is 14.5. The van der Waals surface area contributed by atoms with Gasteiger partial charge in [-0.1, -0.05) is 6.07 Å². The number of rotatable bonds is 6. The van der Waals surface area contributed by atoms with Gasteiger partial charge in [0.2, 0.25) is 10.0 Å². The number of nitrogens with zero attached hydrogens (tertiary/aromatic N) is 2. The molecule has 3 rings (SSSR count). The van der Waals surface area contributed by atoms with Gasteiger partial charge in [0.1, 0.15) is 11.5 Å². The van der Waals surface area contributed by atoms with Crippen LogP contribution >= 0.6 is 0 Å². The maximum absolute atomic E-state index is 12.2. The van der Waals surface area contributed by atoms with E-state index >= 15 is 0 Å². The first-order chi connectivity index (χ1) is 11.5. The Hall–Kier alpha value is -1.80. The number of sulfonamides is 1. The van der Waals surface area contributed by atoms with E-state index in [-0.39, 0.29) is 17.8 Å². The average Bonchev–Trinajstić information content (AvgIpc) is 3.45. The van der Waals surface area contributed by atoms with Gasteiger partial charge in [-0.05, 0) is 25.0 Å². The van der Waals surface area contributed by atoms with Gasteiger partial charge < -0.3 is 14.4 Å². The summed E-state index contributed by atoms with van der Waals surface area (Å²) in [5.41, 5.74) is 0. The molecule has 1 amide bonds. The highest BCUT2D eigenvalue weighted by Crippen LogP contribution is 2.31. The van der Waals surface area contributed by atoms with Gasteiger partial charge in [0.05, 0.1) is 12.4 Å². The van der Waals surface area contributed by atoms with Crippen LogP contribution in [0, 0.1) is 0 Å². The lowest BCUT2D eigenvalue weighted by molar-refractivity contribution is -0.134. The molecule has 1 aromatic rings. The molecule has 1 saturated heterocycles. The van der Waals surface area contributed by atoms with E-state index in [2.05, 4.69) is 0 Å². The fraction of sp³-hybridized carbons (Fsp3) is 0.562. The zero-order valence-electron chi connectivity index (χ0n) is 13.7. The molecule has 0 aromatic heterocycles. The molecule has 0 spiro atoms. The first kappa shape index (κ1) is 17.0. The minimum absolute atomic E-state index is 0.0669. The normalized spacial score (nSPS) is 19.1. The SMILES string of the molecule is COc1cccc(OCC(=O)N2CCN(S(=O)(=O)C3CC3)CC2)c1. The second-order valence-corrected chi connectivity index (χ2v) is 8.20. The lowest BCUT2D eigenvalue weighted by Crippen LogP contribution is -2.52. The number of carbonyl (C=O) groups is 1. The Kier molecular flexibility index (Phi) is 4.96. The molecule has 8 heteroatoms. The molecule has 0 bridgehead atoms. The summed E-state index contributed by atoms with van der Waals surface area (Å²) < 4.78 is 36.5. The number of piperazine rings is 1. The topological polar surface area (TPSA) is 76.2 Å². The molecular formula is C16H22N2O5S. The van der Waals surface area contributed by atoms with Gasteiger partial charge in [0, 0.05) is 32.2 Å². The predicted octanol–water partition coefficient (Wildman–Crippen LogP) is 0.710. The van der Waals surface area contributed by atoms with Crippen LogP contribution < -0.4 is 9.47 Å². The molecule has 132 valence electrons. The molecule has 0 unspecified atom stereocenters. The molecule has 1 aromatic carbocycles. The Balaban J connectivity index is 1.48. The van der Waals surface area contributed by atoms with Crippen LogP contribution in [0.5, 0.6) is 11.5 Å². The molecule has 2 fully saturated rings. The molecule has 1 aliphatic carbocycles. The van der Waals surface area contributed by atoms with Crippen molar-refractivity contribution in [3.05, 3.63) is 24.3 Å². The Labute approximate surface area is 142 Å². The molecule has 24 heavy (non-hydrogen) atoms. The second kappa shape index (κ2) is 6.98. The lowest BCUT2D eigenvalue weighted by Gasteiger charge is -2.34. The van der Waals surface area contributed by atoms with E-state index in [4.69, 9.17) is 9.47 Å². The van der Waals surface area contributed by atoms with E-state index in [1.165, 1.54) is 4.31 Å². The van der Waals surface area contributed by atoms with Gasteiger partial charge in [-0.25, -0.2) is 8.42 Å². The van der Waals surface area contributed by atoms with Crippen molar-refractivity contribution in [2.75, 3.05) is 39.9 Å². The molecule has 0 radical (unpaired) electrons. The fourth-order valence-electron chi connectivity index (χ4n) is 2.70. The summed E-state index contributed by atoms with van der Waals surface area (Å²) in [5.74, 6) is 1.10. The monoisotopic (exact) mass is 354 g/mol. The van der Waals surface area contributed by atoms with E-state index in [1.807, 2.05) is 0 Å². The Morgan fingerprint density at radius 2 is 1.83 bits per heavy atom. The number of ether oxygens (including phenoxy) is 2. The highest BCUT2D eigenvalue weighted by Gasteiger charge is 2.41. The molecule has 1 heterocycles. The quantitative estimate of drug-likeness (QED) is 0.752. The predicted molar refractivity (Wildman–Crippen MR) is 88.6 cm³/mol. The number of hydrogen-bond donors (Lipinski definition) is 0. The van der Waals surface area contributed by atoms with E-state index in [1.54, 1.807) is 36.3 Å². The Morgan fingerprint density at radius 3 is 2.46 bits per heavy atom. The van der Waals surface area contributed by atoms with Crippen LogP contribution in [-0.4, -0.2) is 68.7 Å². The van der Waals surface area contributed by atoms with Gasteiger partial charge in [0.25, 0.3) is 5.91 Å². The summed E-state index contributed by atoms with van der Waals surface area (Å²) in [5, 5.41) is -0.198. The van der Waals surface area contributed by atoms with Gasteiger partial charge in [-0.2, -0.15) is 4.31 Å². The smallest absolute Gasteiger partial charge is 0.260 e. The van der Waals surface area contributed by atoms with Gasteiger partial charge in [-0.3, -0.25) is 4.79 Å². The standard InChI is InChI=1S/C16H22N2O5S/c1-22-13-3-2-4-14(11-13)23-12-16(19)17-7-9-18(10-8-17)24(20,21)15-5-6-15/h2-4,11,15H,5-10,12H2,1H3. The van der Waals surface area contributed by atoms with Gasteiger partial charge >= 0.3 is 0 Å². The summed E-state index contributed by atoms with van der Waals surface area (Å²) in [7, 11) is -1.58. The molecule has 0 N–H and O–H groups in total. The summed E-state index contributed by atoms with van der Waals surface area (Å²) in [6, 6.07) is 7.07. The molecule has 2 aliphatic rings. The third kappa shape index (κ3) is 3.81. The fourth-order valence-corrected chi connectivity index (χ4v) is 4.52. The zero-order chi connectivity index (χ0) is 17.2. The van der Waals surface area contributed by atoms with Crippen molar-refractivity contribution in [1.29, 1.82) is 0 Å². The molecular weight excluding hydrogens is 332 g/mol. The summed E-state index contributed by atoms with van der Waals surface area (Å²) in [6.07, 6.45) is 1.52. The van der Waals surface area contributed by atoms with Crippen LogP contribution in [0.25, 0.3) is 0 Å². The minimum atomic E-state index is -3.15. The van der Waals surface area contributed by atoms with Crippen LogP contribution in [0.3, 0.4) is 0 Å². The Bertz CT molecular complexity index is 694. The van der Waals surface area contributed by atoms with E-state index in [0.29, 0.717) is 37.7 Å². The maximum atomic E-state index is 12.2. The van der Waals surface area contributed by atoms with Crippen molar-refractivity contribution in [3.8, 4) is 11.5 Å². The number of hydrogen-bond acceptors (Lipinski definition) is 5. The largest absolute Gasteiger partial charge is 0.497 e. The van der Waals surface area contributed by atoms with Crippen LogP contribution in [0.1, 0.15) is 12.8 Å². The van der Waals surface area contributed by atoms with Crippen LogP contribution in [0.2, 0.25) is 0 Å². The van der Waals surface area contributed by atoms with Crippen molar-refractivity contribution < 1.29 is 22.7 Å². The highest BCUT2D eigenvalue weighted by molar-refractivity contribution is 7.90. The first-order valence-corrected chi connectivity index (χ1v) is 9.54. The summed E-state index contributed by atoms with van der Waals surface area (Å²) in [4.78, 5) is 13.9. The molecule has 7 nitrogen and oxygen atoms in total. The van der Waals surface area contributed by atoms with Gasteiger partial charge in [0.15, 0.2) is 6.61 Å². The number of methoxy groups -OCH3 is 1. The number of carbonyl (C=O) groups excluding carboxylic acids is 1. The molecule has 0 atom stereocenters. The average molecular weight is 354 g/mol. The van der Waals surface area contributed by atoms with Crippen molar-refractivity contribution in [1.82, 2.24) is 9.21 Å². The van der Waals surface area contributed by atoms with E-state index in [9.17, 15) is 13.2 Å². The van der Waals surface area contributed by atoms with Crippen LogP contribution in [-0.2, 0) is 14.8 Å². The first-order valence-electron chi connectivity index (χ1n) is 8.04. The third-order valence-corrected chi connectivity index (χ3v) is 6.70. The minimum Gasteiger partial charge on any atom is -0.497 e. The number of amides is 1. The van der Waals surface area contributed by atoms with Gasteiger partial charge in [-0.15, -0.1) is 0 Å². The van der Waals surface area contributed by atoms with Crippen molar-refractivity contribution in [2.24, 2.45) is 0 Å². The maximum Gasteiger partial charge on any atom is 0.260 e. The Morgan fingerprint density at radius 1 is 1.17 bits per heavy atom. The summed E-state index contributed by atoms with van der Waals surface area (Å²) >= 11 is 0. The van der Waals surface area contributed by atoms with Crippen LogP contribution in [0.15, 0.2) is 24.3 Å². The lowest BCUT2D eigenvalue weighted by atomic mass is 10.3. The molecule has 1 saturated carbocycles. The van der Waals surface area contributed by atoms with E-state index < -0.39 is 10.0 Å². The van der Waals surface area contributed by atoms with Crippen molar-refractivity contribution in [3.63, 3.8) is 0 Å². The van der Waals surface area contributed by atoms with E-state index in [0.717, 1.165) is 12.8 Å². The van der Waals surface area contributed by atoms with Crippen molar-refractivity contribution in [2.45, 2.75) is 18.1 Å². The number of benzene rings is 1. The third-order valence-electron chi connectivity index (χ3n) is 4.30.